The van der Waals surface area contributed by atoms with E-state index in [1.165, 1.54) is 18.0 Å². The van der Waals surface area contributed by atoms with Crippen LogP contribution >= 0.6 is 23.2 Å². The Hall–Kier alpha value is -2.31. The Bertz CT molecular complexity index is 870. The SMILES string of the molecule is CNC(=O)CN(C)C(=O)/C=C/c1c(C)nn(Cc2c(Cl)cccc2Cl)c1C. The van der Waals surface area contributed by atoms with Crippen molar-refractivity contribution in [3.63, 3.8) is 0 Å². The molecule has 0 saturated carbocycles. The minimum absolute atomic E-state index is 0.00189. The predicted molar refractivity (Wildman–Crippen MR) is 108 cm³/mol. The van der Waals surface area contributed by atoms with Crippen molar-refractivity contribution in [2.24, 2.45) is 0 Å². The third-order valence-corrected chi connectivity index (χ3v) is 4.94. The van der Waals surface area contributed by atoms with Gasteiger partial charge in [0.2, 0.25) is 11.8 Å². The summed E-state index contributed by atoms with van der Waals surface area (Å²) in [5, 5.41) is 8.18. The average molecular weight is 409 g/mol. The first-order valence-electron chi connectivity index (χ1n) is 8.35. The number of benzene rings is 1. The van der Waals surface area contributed by atoms with Crippen LogP contribution in [-0.4, -0.2) is 47.1 Å². The van der Waals surface area contributed by atoms with Gasteiger partial charge in [-0.2, -0.15) is 5.10 Å². The van der Waals surface area contributed by atoms with Crippen LogP contribution in [0.25, 0.3) is 6.08 Å². The number of halogens is 2. The fourth-order valence-corrected chi connectivity index (χ4v) is 3.11. The van der Waals surface area contributed by atoms with Crippen molar-refractivity contribution in [1.82, 2.24) is 20.0 Å². The minimum Gasteiger partial charge on any atom is -0.358 e. The molecule has 0 aliphatic heterocycles. The quantitative estimate of drug-likeness (QED) is 0.746. The Balaban J connectivity index is 2.20. The highest BCUT2D eigenvalue weighted by atomic mass is 35.5. The van der Waals surface area contributed by atoms with E-state index in [0.717, 1.165) is 22.5 Å². The number of carbonyl (C=O) groups excluding carboxylic acids is 2. The van der Waals surface area contributed by atoms with E-state index in [1.54, 1.807) is 36.0 Å². The van der Waals surface area contributed by atoms with Crippen molar-refractivity contribution in [2.45, 2.75) is 20.4 Å². The van der Waals surface area contributed by atoms with E-state index in [-0.39, 0.29) is 18.4 Å². The molecule has 0 radical (unpaired) electrons. The molecular weight excluding hydrogens is 387 g/mol. The second-order valence-corrected chi connectivity index (χ2v) is 6.96. The number of rotatable bonds is 6. The van der Waals surface area contributed by atoms with Gasteiger partial charge in [0.1, 0.15) is 0 Å². The fourth-order valence-electron chi connectivity index (χ4n) is 2.59. The summed E-state index contributed by atoms with van der Waals surface area (Å²) in [6.45, 7) is 4.23. The van der Waals surface area contributed by atoms with Crippen LogP contribution in [0.4, 0.5) is 0 Å². The molecule has 2 rings (SSSR count). The number of likely N-dealkylation sites (N-methyl/N-ethyl adjacent to an activating group) is 2. The molecule has 2 amide bonds. The van der Waals surface area contributed by atoms with Crippen LogP contribution in [-0.2, 0) is 16.1 Å². The van der Waals surface area contributed by atoms with E-state index in [2.05, 4.69) is 10.4 Å². The maximum atomic E-state index is 12.2. The van der Waals surface area contributed by atoms with E-state index in [1.807, 2.05) is 13.8 Å². The molecule has 0 aliphatic carbocycles. The van der Waals surface area contributed by atoms with Gasteiger partial charge in [-0.1, -0.05) is 29.3 Å². The maximum absolute atomic E-state index is 12.2. The van der Waals surface area contributed by atoms with Crippen molar-refractivity contribution in [3.8, 4) is 0 Å². The number of aryl methyl sites for hydroxylation is 1. The van der Waals surface area contributed by atoms with Crippen LogP contribution in [0.15, 0.2) is 24.3 Å². The van der Waals surface area contributed by atoms with Gasteiger partial charge in [0.25, 0.3) is 0 Å². The highest BCUT2D eigenvalue weighted by Crippen LogP contribution is 2.26. The molecule has 0 fully saturated rings. The number of hydrogen-bond acceptors (Lipinski definition) is 3. The molecule has 27 heavy (non-hydrogen) atoms. The normalized spacial score (nSPS) is 11.0. The molecule has 1 aromatic heterocycles. The Labute approximate surface area is 168 Å². The monoisotopic (exact) mass is 408 g/mol. The van der Waals surface area contributed by atoms with Crippen molar-refractivity contribution in [3.05, 3.63) is 56.8 Å². The van der Waals surface area contributed by atoms with E-state index in [9.17, 15) is 9.59 Å². The largest absolute Gasteiger partial charge is 0.358 e. The molecule has 0 saturated heterocycles. The number of nitrogens with one attached hydrogen (secondary N) is 1. The lowest BCUT2D eigenvalue weighted by molar-refractivity contribution is -0.130. The molecule has 0 unspecified atom stereocenters. The molecule has 1 N–H and O–H groups in total. The van der Waals surface area contributed by atoms with Gasteiger partial charge < -0.3 is 10.2 Å². The zero-order valence-electron chi connectivity index (χ0n) is 15.7. The number of carbonyl (C=O) groups is 2. The van der Waals surface area contributed by atoms with Gasteiger partial charge in [-0.15, -0.1) is 0 Å². The zero-order valence-corrected chi connectivity index (χ0v) is 17.2. The lowest BCUT2D eigenvalue weighted by atomic mass is 10.1. The number of aromatic nitrogens is 2. The molecule has 8 heteroatoms. The van der Waals surface area contributed by atoms with E-state index >= 15 is 0 Å². The highest BCUT2D eigenvalue weighted by Gasteiger charge is 2.14. The third kappa shape index (κ3) is 5.11. The van der Waals surface area contributed by atoms with Gasteiger partial charge in [0.15, 0.2) is 0 Å². The van der Waals surface area contributed by atoms with Crippen LogP contribution in [0.1, 0.15) is 22.5 Å². The first kappa shape index (κ1) is 21.0. The summed E-state index contributed by atoms with van der Waals surface area (Å²) in [5.74, 6) is -0.490. The van der Waals surface area contributed by atoms with Gasteiger partial charge in [-0.05, 0) is 32.1 Å². The van der Waals surface area contributed by atoms with Crippen molar-refractivity contribution < 1.29 is 9.59 Å². The van der Waals surface area contributed by atoms with Gasteiger partial charge in [-0.3, -0.25) is 14.3 Å². The summed E-state index contributed by atoms with van der Waals surface area (Å²) in [4.78, 5) is 24.9. The van der Waals surface area contributed by atoms with E-state index in [0.29, 0.717) is 16.6 Å². The minimum atomic E-state index is -0.265. The third-order valence-electron chi connectivity index (χ3n) is 4.24. The molecule has 1 aromatic carbocycles. The lowest BCUT2D eigenvalue weighted by Crippen LogP contribution is -2.36. The molecule has 1 heterocycles. The fraction of sp³-hybridized carbons (Fsp3) is 0.316. The van der Waals surface area contributed by atoms with E-state index in [4.69, 9.17) is 23.2 Å². The maximum Gasteiger partial charge on any atom is 0.246 e. The standard InChI is InChI=1S/C19H22Cl2N4O2/c1-12-14(8-9-19(27)24(4)11-18(26)22-3)13(2)25(23-12)10-15-16(20)6-5-7-17(15)21/h5-9H,10-11H2,1-4H3,(H,22,26)/b9-8+. The molecule has 6 nitrogen and oxygen atoms in total. The molecule has 0 bridgehead atoms. The zero-order chi connectivity index (χ0) is 20.1. The molecule has 0 spiro atoms. The Kier molecular flexibility index (Phi) is 7.05. The predicted octanol–water partition coefficient (Wildman–Crippen LogP) is 3.07. The summed E-state index contributed by atoms with van der Waals surface area (Å²) in [6, 6.07) is 5.37. The van der Waals surface area contributed by atoms with Crippen molar-refractivity contribution in [1.29, 1.82) is 0 Å². The van der Waals surface area contributed by atoms with E-state index < -0.39 is 0 Å². The first-order valence-corrected chi connectivity index (χ1v) is 9.10. The molecule has 144 valence electrons. The summed E-state index contributed by atoms with van der Waals surface area (Å²) in [5.41, 5.74) is 3.32. The van der Waals surface area contributed by atoms with Crippen molar-refractivity contribution >= 4 is 41.1 Å². The van der Waals surface area contributed by atoms with Gasteiger partial charge in [-0.25, -0.2) is 0 Å². The number of hydrogen-bond donors (Lipinski definition) is 1. The van der Waals surface area contributed by atoms with Crippen molar-refractivity contribution in [2.75, 3.05) is 20.6 Å². The second kappa shape index (κ2) is 9.06. The number of amides is 2. The van der Waals surface area contributed by atoms with Gasteiger partial charge in [0.05, 0.1) is 18.8 Å². The summed E-state index contributed by atoms with van der Waals surface area (Å²) < 4.78 is 1.81. The number of nitrogens with zero attached hydrogens (tertiary/aromatic N) is 3. The average Bonchev–Trinajstić information content (AvgIpc) is 2.89. The van der Waals surface area contributed by atoms with Gasteiger partial charge in [0, 0.05) is 47.0 Å². The highest BCUT2D eigenvalue weighted by molar-refractivity contribution is 6.35. The Morgan fingerprint density at radius 2 is 1.89 bits per heavy atom. The Morgan fingerprint density at radius 3 is 2.48 bits per heavy atom. The molecule has 0 atom stereocenters. The smallest absolute Gasteiger partial charge is 0.246 e. The summed E-state index contributed by atoms with van der Waals surface area (Å²) in [6.07, 6.45) is 3.15. The van der Waals surface area contributed by atoms with Gasteiger partial charge >= 0.3 is 0 Å². The van der Waals surface area contributed by atoms with Crippen LogP contribution in [0.2, 0.25) is 10.0 Å². The van der Waals surface area contributed by atoms with Crippen LogP contribution in [0.5, 0.6) is 0 Å². The summed E-state index contributed by atoms with van der Waals surface area (Å²) in [7, 11) is 3.10. The van der Waals surface area contributed by atoms with Crippen LogP contribution in [0, 0.1) is 13.8 Å². The summed E-state index contributed by atoms with van der Waals surface area (Å²) >= 11 is 12.5. The second-order valence-electron chi connectivity index (χ2n) is 6.14. The molecule has 2 aromatic rings. The van der Waals surface area contributed by atoms with Crippen LogP contribution in [0.3, 0.4) is 0 Å². The first-order chi connectivity index (χ1) is 12.7. The molecular formula is C19H22Cl2N4O2. The van der Waals surface area contributed by atoms with Crippen LogP contribution < -0.4 is 5.32 Å². The Morgan fingerprint density at radius 1 is 1.26 bits per heavy atom. The molecule has 0 aliphatic rings. The topological polar surface area (TPSA) is 67.2 Å². The lowest BCUT2D eigenvalue weighted by Gasteiger charge is -2.13.